The minimum Gasteiger partial charge on any atom is -0.497 e. The van der Waals surface area contributed by atoms with E-state index in [9.17, 15) is 8.42 Å². The molecule has 0 aliphatic carbocycles. The van der Waals surface area contributed by atoms with Crippen LogP contribution < -0.4 is 14.4 Å². The highest BCUT2D eigenvalue weighted by Gasteiger charge is 2.20. The summed E-state index contributed by atoms with van der Waals surface area (Å²) in [6, 6.07) is 13.5. The van der Waals surface area contributed by atoms with Crippen LogP contribution in [0.15, 0.2) is 42.5 Å². The van der Waals surface area contributed by atoms with Crippen LogP contribution in [0.1, 0.15) is 5.82 Å². The number of anilines is 2. The molecule has 1 N–H and O–H groups in total. The summed E-state index contributed by atoms with van der Waals surface area (Å²) in [5, 5.41) is 0. The van der Waals surface area contributed by atoms with E-state index in [2.05, 4.69) is 14.2 Å². The number of imidazole rings is 1. The van der Waals surface area contributed by atoms with Crippen molar-refractivity contribution in [3.8, 4) is 5.75 Å². The van der Waals surface area contributed by atoms with Crippen LogP contribution in [0, 0.1) is 0 Å². The van der Waals surface area contributed by atoms with E-state index in [1.54, 1.807) is 19.2 Å². The van der Waals surface area contributed by atoms with Crippen molar-refractivity contribution < 1.29 is 13.2 Å². The first-order chi connectivity index (χ1) is 12.4. The van der Waals surface area contributed by atoms with Gasteiger partial charge in [0.2, 0.25) is 10.0 Å². The average molecular weight is 372 g/mol. The van der Waals surface area contributed by atoms with Crippen LogP contribution in [0.3, 0.4) is 0 Å². The van der Waals surface area contributed by atoms with E-state index in [4.69, 9.17) is 9.72 Å². The first-order valence-electron chi connectivity index (χ1n) is 8.29. The van der Waals surface area contributed by atoms with Gasteiger partial charge in [-0.3, -0.25) is 4.72 Å². The van der Waals surface area contributed by atoms with Crippen molar-refractivity contribution in [2.75, 3.05) is 29.5 Å². The smallest absolute Gasteiger partial charge is 0.229 e. The highest BCUT2D eigenvalue weighted by molar-refractivity contribution is 7.92. The van der Waals surface area contributed by atoms with Gasteiger partial charge in [0.1, 0.15) is 11.6 Å². The first kappa shape index (κ1) is 16.7. The summed E-state index contributed by atoms with van der Waals surface area (Å²) >= 11 is 0. The Labute approximate surface area is 152 Å². The molecule has 3 aromatic rings. The van der Waals surface area contributed by atoms with Crippen LogP contribution in [0.4, 0.5) is 11.4 Å². The van der Waals surface area contributed by atoms with Crippen LogP contribution in [0.25, 0.3) is 11.0 Å². The molecule has 7 nitrogen and oxygen atoms in total. The van der Waals surface area contributed by atoms with Gasteiger partial charge in [-0.05, 0) is 42.5 Å². The predicted octanol–water partition coefficient (Wildman–Crippen LogP) is 2.44. The van der Waals surface area contributed by atoms with Gasteiger partial charge in [0.05, 0.1) is 36.6 Å². The molecule has 0 unspecified atom stereocenters. The molecule has 8 heteroatoms. The Hall–Kier alpha value is -2.74. The topological polar surface area (TPSA) is 76.5 Å². The van der Waals surface area contributed by atoms with Crippen molar-refractivity contribution in [3.05, 3.63) is 48.3 Å². The second-order valence-corrected chi connectivity index (χ2v) is 8.13. The lowest BCUT2D eigenvalue weighted by Gasteiger charge is -2.30. The third-order valence-electron chi connectivity index (χ3n) is 4.49. The molecule has 0 saturated carbocycles. The second kappa shape index (κ2) is 6.21. The van der Waals surface area contributed by atoms with Crippen LogP contribution in [-0.4, -0.2) is 37.9 Å². The van der Waals surface area contributed by atoms with Crippen molar-refractivity contribution in [1.29, 1.82) is 0 Å². The third kappa shape index (κ3) is 3.20. The van der Waals surface area contributed by atoms with Crippen molar-refractivity contribution in [3.63, 3.8) is 0 Å². The number of fused-ring (bicyclic) bond motifs is 3. The van der Waals surface area contributed by atoms with Crippen LogP contribution >= 0.6 is 0 Å². The molecule has 1 aliphatic heterocycles. The van der Waals surface area contributed by atoms with Gasteiger partial charge >= 0.3 is 0 Å². The Kier molecular flexibility index (Phi) is 3.99. The number of methoxy groups -OCH3 is 1. The molecule has 4 rings (SSSR count). The number of hydrogen-bond donors (Lipinski definition) is 1. The molecular formula is C18H20N4O3S. The number of sulfonamides is 1. The Bertz CT molecular complexity index is 1060. The summed E-state index contributed by atoms with van der Waals surface area (Å²) in [6.07, 6.45) is 1.14. The minimum absolute atomic E-state index is 0.530. The van der Waals surface area contributed by atoms with Crippen molar-refractivity contribution >= 4 is 32.4 Å². The van der Waals surface area contributed by atoms with Gasteiger partial charge in [0.15, 0.2) is 0 Å². The molecule has 1 aliphatic rings. The number of ether oxygens (including phenoxy) is 1. The molecule has 0 fully saturated rings. The molecule has 1 aromatic heterocycles. The van der Waals surface area contributed by atoms with Gasteiger partial charge in [0.25, 0.3) is 0 Å². The lowest BCUT2D eigenvalue weighted by molar-refractivity contribution is 0.414. The molecule has 0 saturated heterocycles. The second-order valence-electron chi connectivity index (χ2n) is 6.38. The van der Waals surface area contributed by atoms with Gasteiger partial charge in [0, 0.05) is 18.8 Å². The number of rotatable bonds is 4. The van der Waals surface area contributed by atoms with Gasteiger partial charge in [-0.25, -0.2) is 13.4 Å². The molecule has 136 valence electrons. The molecule has 0 radical (unpaired) electrons. The SMILES string of the molecule is COc1ccc(N2CCn3c(nc4cc(NS(C)(=O)=O)ccc43)C2)cc1. The summed E-state index contributed by atoms with van der Waals surface area (Å²) in [5.74, 6) is 1.81. The zero-order valence-electron chi connectivity index (χ0n) is 14.6. The largest absolute Gasteiger partial charge is 0.497 e. The quantitative estimate of drug-likeness (QED) is 0.761. The summed E-state index contributed by atoms with van der Waals surface area (Å²) in [7, 11) is -1.64. The highest BCUT2D eigenvalue weighted by Crippen LogP contribution is 2.27. The van der Waals surface area contributed by atoms with E-state index in [1.165, 1.54) is 0 Å². The molecule has 26 heavy (non-hydrogen) atoms. The van der Waals surface area contributed by atoms with E-state index in [0.29, 0.717) is 12.2 Å². The van der Waals surface area contributed by atoms with Gasteiger partial charge in [-0.1, -0.05) is 0 Å². The maximum absolute atomic E-state index is 11.4. The summed E-state index contributed by atoms with van der Waals surface area (Å²) < 4.78 is 32.8. The summed E-state index contributed by atoms with van der Waals surface area (Å²) in [4.78, 5) is 6.99. The fourth-order valence-corrected chi connectivity index (χ4v) is 3.87. The number of aromatic nitrogens is 2. The molecule has 0 atom stereocenters. The predicted molar refractivity (Wildman–Crippen MR) is 102 cm³/mol. The molecule has 2 aromatic carbocycles. The Morgan fingerprint density at radius 2 is 1.88 bits per heavy atom. The van der Waals surface area contributed by atoms with Crippen molar-refractivity contribution in [2.45, 2.75) is 13.1 Å². The highest BCUT2D eigenvalue weighted by atomic mass is 32.2. The number of nitrogens with zero attached hydrogens (tertiary/aromatic N) is 3. The first-order valence-corrected chi connectivity index (χ1v) is 10.2. The number of benzene rings is 2. The lowest BCUT2D eigenvalue weighted by Crippen LogP contribution is -2.33. The van der Waals surface area contributed by atoms with Crippen molar-refractivity contribution in [1.82, 2.24) is 9.55 Å². The number of hydrogen-bond acceptors (Lipinski definition) is 5. The Balaban J connectivity index is 1.63. The standard InChI is InChI=1S/C18H20N4O3S/c1-25-15-6-4-14(5-7-15)21-9-10-22-17-8-3-13(20-26(2,23)24)11-16(17)19-18(22)12-21/h3-8,11,20H,9-10,12H2,1-2H3. The number of nitrogens with one attached hydrogen (secondary N) is 1. The normalized spacial score (nSPS) is 14.3. The van der Waals surface area contributed by atoms with Crippen LogP contribution in [0.5, 0.6) is 5.75 Å². The molecule has 0 amide bonds. The van der Waals surface area contributed by atoms with Gasteiger partial charge < -0.3 is 14.2 Å². The molecular weight excluding hydrogens is 352 g/mol. The fraction of sp³-hybridized carbons (Fsp3) is 0.278. The zero-order chi connectivity index (χ0) is 18.3. The van der Waals surface area contributed by atoms with E-state index < -0.39 is 10.0 Å². The van der Waals surface area contributed by atoms with E-state index >= 15 is 0 Å². The maximum Gasteiger partial charge on any atom is 0.229 e. The summed E-state index contributed by atoms with van der Waals surface area (Å²) in [6.45, 7) is 2.42. The van der Waals surface area contributed by atoms with Gasteiger partial charge in [-0.15, -0.1) is 0 Å². The van der Waals surface area contributed by atoms with Crippen LogP contribution in [-0.2, 0) is 23.1 Å². The molecule has 0 bridgehead atoms. The van der Waals surface area contributed by atoms with Gasteiger partial charge in [-0.2, -0.15) is 0 Å². The van der Waals surface area contributed by atoms with Crippen molar-refractivity contribution in [2.24, 2.45) is 0 Å². The molecule has 0 spiro atoms. The summed E-state index contributed by atoms with van der Waals surface area (Å²) in [5.41, 5.74) is 3.48. The lowest BCUT2D eigenvalue weighted by atomic mass is 10.2. The van der Waals surface area contributed by atoms with E-state index in [-0.39, 0.29) is 0 Å². The minimum atomic E-state index is -3.30. The Morgan fingerprint density at radius 1 is 1.12 bits per heavy atom. The molecule has 2 heterocycles. The van der Waals surface area contributed by atoms with E-state index in [0.717, 1.165) is 47.6 Å². The monoisotopic (exact) mass is 372 g/mol. The Morgan fingerprint density at radius 3 is 2.58 bits per heavy atom. The van der Waals surface area contributed by atoms with E-state index in [1.807, 2.05) is 30.3 Å². The third-order valence-corrected chi connectivity index (χ3v) is 5.10. The van der Waals surface area contributed by atoms with Crippen LogP contribution in [0.2, 0.25) is 0 Å². The average Bonchev–Trinajstić information content (AvgIpc) is 2.97. The maximum atomic E-state index is 11.4. The zero-order valence-corrected chi connectivity index (χ0v) is 15.5. The fourth-order valence-electron chi connectivity index (χ4n) is 3.31.